The average molecular weight is 1250 g/mol. The summed E-state index contributed by atoms with van der Waals surface area (Å²) in [6, 6.07) is 21.0. The summed E-state index contributed by atoms with van der Waals surface area (Å²) >= 11 is 0. The Morgan fingerprint density at radius 1 is 0.628 bits per heavy atom. The van der Waals surface area contributed by atoms with Crippen molar-refractivity contribution in [2.24, 2.45) is 0 Å². The molecule has 470 valence electrons. The molecule has 0 unspecified atom stereocenters. The summed E-state index contributed by atoms with van der Waals surface area (Å²) < 4.78 is 136. The maximum absolute atomic E-state index is 12.1. The second kappa shape index (κ2) is 36.7. The number of hydrogen-bond acceptors (Lipinski definition) is 20. The van der Waals surface area contributed by atoms with Gasteiger partial charge in [0.25, 0.3) is 0 Å². The lowest BCUT2D eigenvalue weighted by molar-refractivity contribution is -0.389. The van der Waals surface area contributed by atoms with Crippen molar-refractivity contribution in [1.82, 2.24) is 59.5 Å². The molecular weight excluding hydrogens is 1190 g/mol. The van der Waals surface area contributed by atoms with E-state index in [4.69, 9.17) is 20.7 Å². The van der Waals surface area contributed by atoms with Gasteiger partial charge < -0.3 is 46.2 Å². The first-order valence-electron chi connectivity index (χ1n) is 24.8. The van der Waals surface area contributed by atoms with Crippen LogP contribution in [0.25, 0.3) is 0 Å². The van der Waals surface area contributed by atoms with Crippen LogP contribution in [0.2, 0.25) is 0 Å². The lowest BCUT2D eigenvalue weighted by Gasteiger charge is -2.12. The van der Waals surface area contributed by atoms with Crippen LogP contribution in [-0.2, 0) is 19.0 Å². The van der Waals surface area contributed by atoms with Crippen molar-refractivity contribution in [2.45, 2.75) is 82.6 Å². The van der Waals surface area contributed by atoms with Crippen LogP contribution in [0.1, 0.15) is 87.0 Å². The summed E-state index contributed by atoms with van der Waals surface area (Å²) in [6.45, 7) is 6.06. The second-order valence-electron chi connectivity index (χ2n) is 16.9. The minimum absolute atomic E-state index is 0.0447. The van der Waals surface area contributed by atoms with Crippen molar-refractivity contribution in [3.63, 3.8) is 0 Å². The lowest BCUT2D eigenvalue weighted by atomic mass is 10.1. The summed E-state index contributed by atoms with van der Waals surface area (Å²) in [5.41, 5.74) is 3.79. The van der Waals surface area contributed by atoms with Crippen LogP contribution < -0.4 is 11.1 Å². The van der Waals surface area contributed by atoms with Gasteiger partial charge in [-0.2, -0.15) is 62.8 Å². The number of aliphatic hydroxyl groups is 2. The number of H-pyrrole nitrogens is 1. The SMILES string of the molecule is C1CCOC1.CO.C[C@H](O)c1ccncc1.C[C@H](c1ccncc1)n1ccc(N)n1.C[C@H](c1ccncc1)n1ccc(NCC(F)(F)F)n1.C[C@H](c1ccncc1)n1ccc([N+](=O)[O-])n1.O=S(=O)(OCC(F)(F)F)C(F)(F)F.O=[N+]([O-])c1ccn[nH]1. The van der Waals surface area contributed by atoms with E-state index >= 15 is 0 Å². The van der Waals surface area contributed by atoms with Gasteiger partial charge in [-0.05, 0) is 127 Å². The van der Waals surface area contributed by atoms with Crippen molar-refractivity contribution in [1.29, 1.82) is 0 Å². The molecule has 1 saturated heterocycles. The van der Waals surface area contributed by atoms with Gasteiger partial charge in [-0.3, -0.25) is 33.5 Å². The lowest BCUT2D eigenvalue weighted by Crippen LogP contribution is -2.29. The van der Waals surface area contributed by atoms with Crippen molar-refractivity contribution in [3.05, 3.63) is 190 Å². The number of nitrogens with one attached hydrogen (secondary N) is 2. The van der Waals surface area contributed by atoms with E-state index in [1.165, 1.54) is 42.8 Å². The van der Waals surface area contributed by atoms with E-state index in [1.807, 2.05) is 61.1 Å². The van der Waals surface area contributed by atoms with E-state index in [-0.39, 0.29) is 41.7 Å². The van der Waals surface area contributed by atoms with Gasteiger partial charge in [-0.15, -0.1) is 5.10 Å². The highest BCUT2D eigenvalue weighted by molar-refractivity contribution is 7.87. The highest BCUT2D eigenvalue weighted by Gasteiger charge is 2.49. The maximum atomic E-state index is 12.1. The highest BCUT2D eigenvalue weighted by atomic mass is 32.2. The number of aliphatic hydroxyl groups excluding tert-OH is 2. The van der Waals surface area contributed by atoms with Crippen molar-refractivity contribution >= 4 is 33.4 Å². The van der Waals surface area contributed by atoms with Crippen molar-refractivity contribution in [3.8, 4) is 0 Å². The number of anilines is 2. The Morgan fingerprint density at radius 2 is 1.05 bits per heavy atom. The van der Waals surface area contributed by atoms with Crippen LogP contribution in [-0.4, -0.2) is 139 Å². The van der Waals surface area contributed by atoms with E-state index in [2.05, 4.69) is 61.9 Å². The largest absolute Gasteiger partial charge is 0.523 e. The van der Waals surface area contributed by atoms with E-state index in [9.17, 15) is 68.2 Å². The average Bonchev–Trinajstić information content (AvgIpc) is 4.41. The van der Waals surface area contributed by atoms with E-state index < -0.39 is 51.0 Å². The molecule has 86 heavy (non-hydrogen) atoms. The first-order chi connectivity index (χ1) is 40.5. The van der Waals surface area contributed by atoms with Gasteiger partial charge in [0, 0.05) is 88.4 Å². The second-order valence-corrected chi connectivity index (χ2v) is 18.5. The minimum atomic E-state index is -6.15. The summed E-state index contributed by atoms with van der Waals surface area (Å²) in [7, 11) is -5.15. The third-order valence-corrected chi connectivity index (χ3v) is 11.6. The van der Waals surface area contributed by atoms with Crippen LogP contribution >= 0.6 is 0 Å². The molecular formula is C50H61F9N16O10S. The van der Waals surface area contributed by atoms with Crippen molar-refractivity contribution < 1.29 is 76.9 Å². The van der Waals surface area contributed by atoms with Crippen molar-refractivity contribution in [2.75, 3.05) is 44.5 Å². The quantitative estimate of drug-likeness (QED) is 0.0236. The van der Waals surface area contributed by atoms with E-state index in [0.717, 1.165) is 37.0 Å². The summed E-state index contributed by atoms with van der Waals surface area (Å²) in [6.07, 6.45) is 12.8. The molecule has 26 nitrogen and oxygen atoms in total. The fourth-order valence-corrected chi connectivity index (χ4v) is 6.57. The number of halogens is 9. The summed E-state index contributed by atoms with van der Waals surface area (Å²) in [4.78, 5) is 34.9. The van der Waals surface area contributed by atoms with Crippen LogP contribution in [0.3, 0.4) is 0 Å². The van der Waals surface area contributed by atoms with E-state index in [0.29, 0.717) is 5.82 Å². The normalized spacial score (nSPS) is 13.2. The van der Waals surface area contributed by atoms with Gasteiger partial charge in [0.1, 0.15) is 18.2 Å². The molecule has 1 aliphatic rings. The van der Waals surface area contributed by atoms with Crippen LogP contribution in [0.5, 0.6) is 0 Å². The Labute approximate surface area is 485 Å². The number of hydrogen-bond donors (Lipinski definition) is 5. The fourth-order valence-electron chi connectivity index (χ4n) is 6.15. The number of rotatable bonds is 13. The standard InChI is InChI=1S/C12H13F3N4.C10H10N4O2.C10H12N4.C7H9NO.C4H8O.C3H2F6O3S.C3H3N3O2.CH4O/c1-9(10-2-5-16-6-3-10)19-7-4-11(18-19)17-8-12(13,14)15;1-8(9-2-5-11-6-3-9)13-7-4-10(12-13)14(15)16;1-8(9-2-5-12-6-3-9)14-7-4-10(11)13-14;1-6(9)7-2-4-8-5-3-7;1-2-4-5-3-1;4-2(5,6)1-12-13(10,11)3(7,8)9;7-6(8)3-1-2-4-5-3;1-2/h2-7,9H,8H2,1H3,(H,17,18);2-8H,1H3;2-8H,1H3,(H2,11,13);2-6,9H,1H3;1-4H2;1H2;1-2H,(H,4,5);2H,1H3/t9-;2*8-;6-;;;;/m1110..../s1. The number of ether oxygens (including phenoxy) is 1. The number of nitrogen functional groups attached to an aromatic ring is 1. The van der Waals surface area contributed by atoms with E-state index in [1.54, 1.807) is 96.5 Å². The minimum Gasteiger partial charge on any atom is -0.400 e. The molecule has 0 aromatic carbocycles. The molecule has 0 spiro atoms. The monoisotopic (exact) mass is 1250 g/mol. The summed E-state index contributed by atoms with van der Waals surface area (Å²) in [5.74, 6) is 0.537. The Bertz CT molecular complexity index is 3210. The molecule has 0 radical (unpaired) electrons. The fraction of sp³-hybridized carbons (Fsp3) is 0.360. The number of nitrogens with zero attached hydrogens (tertiary/aromatic N) is 13. The molecule has 8 aromatic heterocycles. The first kappa shape index (κ1) is 73.1. The maximum Gasteiger partial charge on any atom is 0.523 e. The predicted octanol–water partition coefficient (Wildman–Crippen LogP) is 9.40. The molecule has 36 heteroatoms. The number of aromatic nitrogens is 12. The van der Waals surface area contributed by atoms with Gasteiger partial charge >= 0.3 is 39.6 Å². The molecule has 4 atom stereocenters. The van der Waals surface area contributed by atoms with Gasteiger partial charge in [0.15, 0.2) is 6.61 Å². The van der Waals surface area contributed by atoms with Gasteiger partial charge in [-0.1, -0.05) is 5.10 Å². The zero-order chi connectivity index (χ0) is 64.5. The molecule has 9 heterocycles. The molecule has 1 aliphatic heterocycles. The Hall–Kier alpha value is -9.00. The number of pyridine rings is 4. The third kappa shape index (κ3) is 28.5. The zero-order valence-corrected chi connectivity index (χ0v) is 47.1. The van der Waals surface area contributed by atoms with Gasteiger partial charge in [-0.25, -0.2) is 0 Å². The molecule has 6 N–H and O–H groups in total. The number of aromatic amines is 1. The molecule has 0 saturated carbocycles. The Morgan fingerprint density at radius 3 is 1.35 bits per heavy atom. The van der Waals surface area contributed by atoms with Crippen LogP contribution in [0.15, 0.2) is 147 Å². The molecule has 0 amide bonds. The van der Waals surface area contributed by atoms with Gasteiger partial charge in [0.05, 0.1) is 53.9 Å². The Kier molecular flexibility index (Phi) is 31.2. The molecule has 8 aromatic rings. The molecule has 9 rings (SSSR count). The number of alkyl halides is 9. The predicted molar refractivity (Wildman–Crippen MR) is 292 cm³/mol. The van der Waals surface area contributed by atoms with Gasteiger partial charge in [0.2, 0.25) is 0 Å². The first-order valence-corrected chi connectivity index (χ1v) is 26.2. The Balaban J connectivity index is 0.000000350. The summed E-state index contributed by atoms with van der Waals surface area (Å²) in [5, 5.41) is 56.2. The molecule has 0 aliphatic carbocycles. The smallest absolute Gasteiger partial charge is 0.400 e. The number of nitrogens with two attached hydrogens (primary N) is 1. The topological polar surface area (TPSA) is 351 Å². The highest BCUT2D eigenvalue weighted by Crippen LogP contribution is 2.27. The molecule has 1 fully saturated rings. The zero-order valence-electron chi connectivity index (χ0n) is 46.3. The third-order valence-electron chi connectivity index (χ3n) is 10.6. The van der Waals surface area contributed by atoms with Crippen LogP contribution in [0.4, 0.5) is 62.8 Å². The number of nitro groups is 2. The van der Waals surface area contributed by atoms with Crippen LogP contribution in [0, 0.1) is 20.2 Å². The molecule has 0 bridgehead atoms.